The molecule has 24 heavy (non-hydrogen) atoms. The van der Waals surface area contributed by atoms with Gasteiger partial charge >= 0.3 is 0 Å². The maximum absolute atomic E-state index is 12.5. The standard InChI is InChI=1S/C15H20N6O2.ClH/c16-10-15(5-7-23-8-6-15)14(22)17-9-11-1-3-12(4-2-11)13-18-20-21-19-13;/h1-4H,5-10,16H2,(H,17,22)(H,18,19,20,21);1H. The zero-order valence-electron chi connectivity index (χ0n) is 13.2. The van der Waals surface area contributed by atoms with Crippen LogP contribution in [0, 0.1) is 5.41 Å². The molecule has 0 bridgehead atoms. The molecule has 9 heteroatoms. The van der Waals surface area contributed by atoms with E-state index in [2.05, 4.69) is 25.9 Å². The second-order valence-electron chi connectivity index (χ2n) is 5.71. The van der Waals surface area contributed by atoms with E-state index >= 15 is 0 Å². The van der Waals surface area contributed by atoms with Crippen molar-refractivity contribution in [1.29, 1.82) is 0 Å². The van der Waals surface area contributed by atoms with Gasteiger partial charge in [0.2, 0.25) is 11.7 Å². The highest BCUT2D eigenvalue weighted by Gasteiger charge is 2.38. The van der Waals surface area contributed by atoms with Crippen LogP contribution in [0.15, 0.2) is 24.3 Å². The van der Waals surface area contributed by atoms with Crippen LogP contribution in [-0.4, -0.2) is 46.3 Å². The number of benzene rings is 1. The molecular weight excluding hydrogens is 332 g/mol. The molecule has 4 N–H and O–H groups in total. The fourth-order valence-corrected chi connectivity index (χ4v) is 2.71. The number of aromatic amines is 1. The van der Waals surface area contributed by atoms with Crippen molar-refractivity contribution in [3.05, 3.63) is 29.8 Å². The van der Waals surface area contributed by atoms with E-state index < -0.39 is 5.41 Å². The third-order valence-corrected chi connectivity index (χ3v) is 4.33. The first kappa shape index (κ1) is 18.3. The van der Waals surface area contributed by atoms with E-state index in [-0.39, 0.29) is 18.3 Å². The molecule has 3 rings (SSSR count). The first-order chi connectivity index (χ1) is 11.2. The van der Waals surface area contributed by atoms with E-state index in [1.807, 2.05) is 24.3 Å². The molecule has 1 aliphatic rings. The maximum Gasteiger partial charge on any atom is 0.227 e. The molecule has 1 amide bonds. The Balaban J connectivity index is 0.00000208. The number of carbonyl (C=O) groups excluding carboxylic acids is 1. The van der Waals surface area contributed by atoms with Gasteiger partial charge in [-0.15, -0.1) is 22.6 Å². The van der Waals surface area contributed by atoms with Crippen molar-refractivity contribution in [2.45, 2.75) is 19.4 Å². The van der Waals surface area contributed by atoms with E-state index in [0.29, 0.717) is 45.0 Å². The number of rotatable bonds is 5. The van der Waals surface area contributed by atoms with Gasteiger partial charge in [0.1, 0.15) is 0 Å². The molecule has 0 radical (unpaired) electrons. The van der Waals surface area contributed by atoms with Gasteiger partial charge in [-0.25, -0.2) is 0 Å². The van der Waals surface area contributed by atoms with Crippen molar-refractivity contribution in [2.24, 2.45) is 11.1 Å². The van der Waals surface area contributed by atoms with E-state index in [1.165, 1.54) is 0 Å². The first-order valence-electron chi connectivity index (χ1n) is 7.62. The van der Waals surface area contributed by atoms with Gasteiger partial charge in [0.15, 0.2) is 0 Å². The lowest BCUT2D eigenvalue weighted by Crippen LogP contribution is -2.48. The molecule has 1 aliphatic heterocycles. The van der Waals surface area contributed by atoms with Gasteiger partial charge in [0.05, 0.1) is 5.41 Å². The van der Waals surface area contributed by atoms with Crippen molar-refractivity contribution in [2.75, 3.05) is 19.8 Å². The molecule has 0 spiro atoms. The summed E-state index contributed by atoms with van der Waals surface area (Å²) < 4.78 is 5.33. The normalized spacial score (nSPS) is 16.2. The largest absolute Gasteiger partial charge is 0.381 e. The zero-order valence-corrected chi connectivity index (χ0v) is 14.0. The molecule has 0 saturated carbocycles. The summed E-state index contributed by atoms with van der Waals surface area (Å²) in [5.41, 5.74) is 7.22. The van der Waals surface area contributed by atoms with Gasteiger partial charge in [-0.05, 0) is 23.6 Å². The molecule has 8 nitrogen and oxygen atoms in total. The van der Waals surface area contributed by atoms with Gasteiger partial charge in [0.25, 0.3) is 0 Å². The van der Waals surface area contributed by atoms with Crippen molar-refractivity contribution in [1.82, 2.24) is 25.9 Å². The van der Waals surface area contributed by atoms with Crippen molar-refractivity contribution >= 4 is 18.3 Å². The van der Waals surface area contributed by atoms with Crippen molar-refractivity contribution in [3.8, 4) is 11.4 Å². The number of hydrogen-bond acceptors (Lipinski definition) is 6. The van der Waals surface area contributed by atoms with Crippen LogP contribution in [0.5, 0.6) is 0 Å². The quantitative estimate of drug-likeness (QED) is 0.727. The van der Waals surface area contributed by atoms with Crippen molar-refractivity contribution in [3.63, 3.8) is 0 Å². The number of hydrogen-bond donors (Lipinski definition) is 3. The van der Waals surface area contributed by atoms with Crippen LogP contribution < -0.4 is 11.1 Å². The van der Waals surface area contributed by atoms with E-state index in [4.69, 9.17) is 10.5 Å². The van der Waals surface area contributed by atoms with Crippen LogP contribution in [0.25, 0.3) is 11.4 Å². The fourth-order valence-electron chi connectivity index (χ4n) is 2.71. The van der Waals surface area contributed by atoms with E-state index in [1.54, 1.807) is 0 Å². The maximum atomic E-state index is 12.5. The van der Waals surface area contributed by atoms with Crippen molar-refractivity contribution < 1.29 is 9.53 Å². The number of halogens is 1. The Morgan fingerprint density at radius 3 is 2.58 bits per heavy atom. The minimum absolute atomic E-state index is 0. The first-order valence-corrected chi connectivity index (χ1v) is 7.62. The van der Waals surface area contributed by atoms with Gasteiger partial charge in [-0.1, -0.05) is 24.3 Å². The Labute approximate surface area is 145 Å². The minimum Gasteiger partial charge on any atom is -0.381 e. The monoisotopic (exact) mass is 352 g/mol. The van der Waals surface area contributed by atoms with Crippen LogP contribution in [0.1, 0.15) is 18.4 Å². The number of nitrogens with one attached hydrogen (secondary N) is 2. The highest BCUT2D eigenvalue weighted by Crippen LogP contribution is 2.29. The predicted octanol–water partition coefficient (Wildman–Crippen LogP) is 0.660. The fraction of sp³-hybridized carbons (Fsp3) is 0.467. The van der Waals surface area contributed by atoms with Crippen LogP contribution in [0.2, 0.25) is 0 Å². The van der Waals surface area contributed by atoms with Crippen LogP contribution in [0.4, 0.5) is 0 Å². The second-order valence-corrected chi connectivity index (χ2v) is 5.71. The summed E-state index contributed by atoms with van der Waals surface area (Å²) in [6.45, 7) is 1.99. The molecule has 1 fully saturated rings. The molecule has 2 aromatic rings. The molecule has 1 aromatic heterocycles. The highest BCUT2D eigenvalue weighted by molar-refractivity contribution is 5.85. The Bertz CT molecular complexity index is 640. The summed E-state index contributed by atoms with van der Waals surface area (Å²) in [5.74, 6) is 0.551. The topological polar surface area (TPSA) is 119 Å². The lowest BCUT2D eigenvalue weighted by atomic mass is 9.79. The molecule has 0 aliphatic carbocycles. The van der Waals surface area contributed by atoms with Gasteiger partial charge in [0, 0.05) is 31.9 Å². The Kier molecular flexibility index (Phi) is 6.24. The summed E-state index contributed by atoms with van der Waals surface area (Å²) >= 11 is 0. The average Bonchev–Trinajstić information content (AvgIpc) is 3.15. The smallest absolute Gasteiger partial charge is 0.227 e. The lowest BCUT2D eigenvalue weighted by Gasteiger charge is -2.34. The number of amides is 1. The third kappa shape index (κ3) is 3.89. The number of ether oxygens (including phenoxy) is 1. The van der Waals surface area contributed by atoms with Crippen LogP contribution in [0.3, 0.4) is 0 Å². The van der Waals surface area contributed by atoms with Crippen LogP contribution >= 0.6 is 12.4 Å². The summed E-state index contributed by atoms with van der Waals surface area (Å²) in [6.07, 6.45) is 1.35. The van der Waals surface area contributed by atoms with Gasteiger partial charge < -0.3 is 15.8 Å². The van der Waals surface area contributed by atoms with Gasteiger partial charge in [-0.3, -0.25) is 4.79 Å². The number of aromatic nitrogens is 4. The lowest BCUT2D eigenvalue weighted by molar-refractivity contribution is -0.136. The predicted molar refractivity (Wildman–Crippen MR) is 90.2 cm³/mol. The van der Waals surface area contributed by atoms with Crippen LogP contribution in [-0.2, 0) is 16.1 Å². The Morgan fingerprint density at radius 2 is 2.00 bits per heavy atom. The molecule has 0 unspecified atom stereocenters. The minimum atomic E-state index is -0.497. The summed E-state index contributed by atoms with van der Waals surface area (Å²) in [4.78, 5) is 12.5. The summed E-state index contributed by atoms with van der Waals surface area (Å²) in [5, 5.41) is 16.8. The molecule has 130 valence electrons. The number of H-pyrrole nitrogens is 1. The average molecular weight is 353 g/mol. The number of carbonyl (C=O) groups is 1. The molecule has 2 heterocycles. The third-order valence-electron chi connectivity index (χ3n) is 4.33. The SMILES string of the molecule is Cl.NCC1(C(=O)NCc2ccc(-c3nn[nH]n3)cc2)CCOCC1. The Morgan fingerprint density at radius 1 is 1.29 bits per heavy atom. The van der Waals surface area contributed by atoms with E-state index in [0.717, 1.165) is 11.1 Å². The summed E-state index contributed by atoms with van der Waals surface area (Å²) in [7, 11) is 0. The van der Waals surface area contributed by atoms with E-state index in [9.17, 15) is 4.79 Å². The Hall–Kier alpha value is -2.03. The number of nitrogens with zero attached hydrogens (tertiary/aromatic N) is 3. The zero-order chi connectivity index (χ0) is 16.1. The number of nitrogens with two attached hydrogens (primary N) is 1. The molecule has 0 atom stereocenters. The molecule has 1 aromatic carbocycles. The molecule has 1 saturated heterocycles. The highest BCUT2D eigenvalue weighted by atomic mass is 35.5. The number of tetrazole rings is 1. The second kappa shape index (κ2) is 8.18. The van der Waals surface area contributed by atoms with Gasteiger partial charge in [-0.2, -0.15) is 5.21 Å². The molecular formula is C15H21ClN6O2. The summed E-state index contributed by atoms with van der Waals surface area (Å²) in [6, 6.07) is 7.68.